The Morgan fingerprint density at radius 1 is 1.41 bits per heavy atom. The van der Waals surface area contributed by atoms with Gasteiger partial charge in [0.1, 0.15) is 0 Å². The lowest BCUT2D eigenvalue weighted by Crippen LogP contribution is -2.22. The number of carbonyl (C=O) groups excluding carboxylic acids is 1. The summed E-state index contributed by atoms with van der Waals surface area (Å²) >= 11 is 0. The van der Waals surface area contributed by atoms with Gasteiger partial charge in [-0.25, -0.2) is 0 Å². The molecule has 0 amide bonds. The lowest BCUT2D eigenvalue weighted by molar-refractivity contribution is -0.145. The van der Waals surface area contributed by atoms with Crippen LogP contribution >= 0.6 is 0 Å². The van der Waals surface area contributed by atoms with Crippen molar-refractivity contribution in [1.82, 2.24) is 0 Å². The zero-order valence-electron chi connectivity index (χ0n) is 11.0. The molecule has 98 valence electrons. The average Bonchev–Trinajstić information content (AvgIpc) is 2.95. The first kappa shape index (κ1) is 14.1. The second kappa shape index (κ2) is 6.10. The molecule has 0 fully saturated rings. The molecule has 0 saturated carbocycles. The summed E-state index contributed by atoms with van der Waals surface area (Å²) in [7, 11) is 0. The minimum atomic E-state index is -0.286. The van der Waals surface area contributed by atoms with E-state index in [1.165, 1.54) is 0 Å². The minimum Gasteiger partial charge on any atom is -0.465 e. The predicted molar refractivity (Wildman–Crippen MR) is 65.5 cm³/mol. The van der Waals surface area contributed by atoms with Crippen LogP contribution in [0.1, 0.15) is 40.0 Å². The maximum atomic E-state index is 11.6. The second-order valence-electron chi connectivity index (χ2n) is 5.32. The van der Waals surface area contributed by atoms with Gasteiger partial charge in [-0.1, -0.05) is 13.8 Å². The fraction of sp³-hybridized carbons (Fsp3) is 0.917. The minimum absolute atomic E-state index is 0.162. The standard InChI is InChI=1S/C12H23N3O2/c1-9(2)6-10(8-13)7-11(16)17-5-4-12(3)14-15-12/h9-10H,4-8,13H2,1-3H3/t10-/m0/s1. The summed E-state index contributed by atoms with van der Waals surface area (Å²) < 4.78 is 5.16. The molecule has 0 aromatic rings. The van der Waals surface area contributed by atoms with Crippen LogP contribution in [0.15, 0.2) is 10.2 Å². The van der Waals surface area contributed by atoms with Crippen molar-refractivity contribution >= 4 is 5.97 Å². The first-order valence-electron chi connectivity index (χ1n) is 6.25. The fourth-order valence-corrected chi connectivity index (χ4v) is 1.77. The van der Waals surface area contributed by atoms with Crippen LogP contribution in [-0.2, 0) is 9.53 Å². The molecule has 0 saturated heterocycles. The molecule has 0 radical (unpaired) electrons. The van der Waals surface area contributed by atoms with Gasteiger partial charge in [0, 0.05) is 12.8 Å². The van der Waals surface area contributed by atoms with Crippen molar-refractivity contribution in [2.45, 2.75) is 45.7 Å². The van der Waals surface area contributed by atoms with Crippen LogP contribution in [0.5, 0.6) is 0 Å². The van der Waals surface area contributed by atoms with E-state index in [0.29, 0.717) is 31.9 Å². The highest BCUT2D eigenvalue weighted by Crippen LogP contribution is 2.30. The van der Waals surface area contributed by atoms with Crippen molar-refractivity contribution in [3.05, 3.63) is 0 Å². The summed E-state index contributed by atoms with van der Waals surface area (Å²) in [6.45, 7) is 7.11. The average molecular weight is 241 g/mol. The van der Waals surface area contributed by atoms with Crippen LogP contribution in [0.2, 0.25) is 0 Å². The third kappa shape index (κ3) is 5.77. The molecule has 0 spiro atoms. The summed E-state index contributed by atoms with van der Waals surface area (Å²) in [5.74, 6) is 0.623. The van der Waals surface area contributed by atoms with E-state index < -0.39 is 0 Å². The van der Waals surface area contributed by atoms with Crippen molar-refractivity contribution in [2.24, 2.45) is 27.8 Å². The van der Waals surface area contributed by atoms with E-state index in [0.717, 1.165) is 6.42 Å². The SMILES string of the molecule is CC(C)C[C@H](CN)CC(=O)OCCC1(C)N=N1. The molecular formula is C12H23N3O2. The quantitative estimate of drug-likeness (QED) is 0.661. The zero-order chi connectivity index (χ0) is 12.9. The van der Waals surface area contributed by atoms with Crippen LogP contribution in [0.4, 0.5) is 0 Å². The molecular weight excluding hydrogens is 218 g/mol. The summed E-state index contributed by atoms with van der Waals surface area (Å²) in [6, 6.07) is 0. The molecule has 0 aromatic heterocycles. The third-order valence-corrected chi connectivity index (χ3v) is 2.87. The lowest BCUT2D eigenvalue weighted by atomic mass is 9.94. The molecule has 1 heterocycles. The molecule has 17 heavy (non-hydrogen) atoms. The molecule has 1 rings (SSSR count). The van der Waals surface area contributed by atoms with Gasteiger partial charge in [0.2, 0.25) is 0 Å². The Hall–Kier alpha value is -0.970. The number of nitrogens with two attached hydrogens (primary N) is 1. The van der Waals surface area contributed by atoms with Crippen molar-refractivity contribution in [2.75, 3.05) is 13.2 Å². The normalized spacial score (nSPS) is 18.2. The van der Waals surface area contributed by atoms with Crippen molar-refractivity contribution in [3.63, 3.8) is 0 Å². The number of hydrogen-bond acceptors (Lipinski definition) is 5. The molecule has 2 N–H and O–H groups in total. The third-order valence-electron chi connectivity index (χ3n) is 2.87. The Morgan fingerprint density at radius 3 is 2.53 bits per heavy atom. The van der Waals surface area contributed by atoms with E-state index in [1.54, 1.807) is 0 Å². The molecule has 5 heteroatoms. The van der Waals surface area contributed by atoms with Crippen LogP contribution in [-0.4, -0.2) is 24.8 Å². The monoisotopic (exact) mass is 241 g/mol. The summed E-state index contributed by atoms with van der Waals surface area (Å²) in [5, 5.41) is 7.72. The molecule has 0 unspecified atom stereocenters. The van der Waals surface area contributed by atoms with Crippen molar-refractivity contribution < 1.29 is 9.53 Å². The van der Waals surface area contributed by atoms with Crippen LogP contribution in [0, 0.1) is 11.8 Å². The van der Waals surface area contributed by atoms with E-state index in [-0.39, 0.29) is 17.6 Å². The lowest BCUT2D eigenvalue weighted by Gasteiger charge is -2.16. The number of nitrogens with zero attached hydrogens (tertiary/aromatic N) is 2. The van der Waals surface area contributed by atoms with Gasteiger partial charge >= 0.3 is 5.97 Å². The largest absolute Gasteiger partial charge is 0.465 e. The Morgan fingerprint density at radius 2 is 2.06 bits per heavy atom. The first-order valence-corrected chi connectivity index (χ1v) is 6.25. The van der Waals surface area contributed by atoms with Gasteiger partial charge in [-0.15, -0.1) is 0 Å². The topological polar surface area (TPSA) is 77.0 Å². The van der Waals surface area contributed by atoms with Crippen LogP contribution in [0.25, 0.3) is 0 Å². The van der Waals surface area contributed by atoms with E-state index in [1.807, 2.05) is 6.92 Å². The highest BCUT2D eigenvalue weighted by Gasteiger charge is 2.33. The highest BCUT2D eigenvalue weighted by atomic mass is 16.5. The smallest absolute Gasteiger partial charge is 0.306 e. The van der Waals surface area contributed by atoms with Gasteiger partial charge in [0.25, 0.3) is 0 Å². The predicted octanol–water partition coefficient (Wildman–Crippen LogP) is 2.11. The number of hydrogen-bond donors (Lipinski definition) is 1. The number of carbonyl (C=O) groups is 1. The Bertz CT molecular complexity index is 283. The molecule has 5 nitrogen and oxygen atoms in total. The number of ether oxygens (including phenoxy) is 1. The Labute approximate surface area is 103 Å². The molecule has 1 atom stereocenters. The molecule has 1 aliphatic heterocycles. The number of rotatable bonds is 8. The molecule has 0 bridgehead atoms. The van der Waals surface area contributed by atoms with Gasteiger partial charge in [-0.05, 0) is 31.7 Å². The molecule has 0 aliphatic carbocycles. The van der Waals surface area contributed by atoms with E-state index in [2.05, 4.69) is 24.1 Å². The van der Waals surface area contributed by atoms with Crippen LogP contribution < -0.4 is 5.73 Å². The van der Waals surface area contributed by atoms with E-state index in [9.17, 15) is 4.79 Å². The molecule has 1 aliphatic rings. The van der Waals surface area contributed by atoms with Crippen molar-refractivity contribution in [1.29, 1.82) is 0 Å². The van der Waals surface area contributed by atoms with Gasteiger partial charge < -0.3 is 10.5 Å². The maximum Gasteiger partial charge on any atom is 0.306 e. The van der Waals surface area contributed by atoms with E-state index >= 15 is 0 Å². The summed E-state index contributed by atoms with van der Waals surface area (Å²) in [4.78, 5) is 11.6. The number of esters is 1. The highest BCUT2D eigenvalue weighted by molar-refractivity contribution is 5.69. The maximum absolute atomic E-state index is 11.6. The zero-order valence-corrected chi connectivity index (χ0v) is 11.0. The van der Waals surface area contributed by atoms with Gasteiger partial charge in [0.15, 0.2) is 5.66 Å². The summed E-state index contributed by atoms with van der Waals surface area (Å²) in [5.41, 5.74) is 5.35. The Balaban J connectivity index is 2.13. The fourth-order valence-electron chi connectivity index (χ4n) is 1.77. The van der Waals surface area contributed by atoms with E-state index in [4.69, 9.17) is 10.5 Å². The van der Waals surface area contributed by atoms with Crippen molar-refractivity contribution in [3.8, 4) is 0 Å². The van der Waals surface area contributed by atoms with Gasteiger partial charge in [-0.2, -0.15) is 10.2 Å². The van der Waals surface area contributed by atoms with Gasteiger partial charge in [0.05, 0.1) is 6.61 Å². The Kier molecular flexibility index (Phi) is 5.05. The second-order valence-corrected chi connectivity index (χ2v) is 5.32. The van der Waals surface area contributed by atoms with Gasteiger partial charge in [-0.3, -0.25) is 4.79 Å². The first-order chi connectivity index (χ1) is 7.95. The summed E-state index contributed by atoms with van der Waals surface area (Å²) in [6.07, 6.45) is 2.06. The molecule has 0 aromatic carbocycles. The van der Waals surface area contributed by atoms with Crippen LogP contribution in [0.3, 0.4) is 0 Å².